The highest BCUT2D eigenvalue weighted by molar-refractivity contribution is 6.27. The fraction of sp³-hybridized carbons (Fsp3) is 0.333. The van der Waals surface area contributed by atoms with Crippen LogP contribution in [-0.2, 0) is 10.2 Å². The Hall–Kier alpha value is -3.06. The van der Waals surface area contributed by atoms with Crippen LogP contribution in [0.25, 0.3) is 0 Å². The number of anilines is 1. The molecule has 2 aliphatic heterocycles. The molecule has 3 atom stereocenters. The molecular formula is C24H26F2N4O. The summed E-state index contributed by atoms with van der Waals surface area (Å²) in [6, 6.07) is 5.27. The van der Waals surface area contributed by atoms with Gasteiger partial charge in [-0.25, -0.2) is 8.78 Å². The lowest BCUT2D eigenvalue weighted by molar-refractivity contribution is -0.114. The van der Waals surface area contributed by atoms with Gasteiger partial charge in [0.25, 0.3) is 11.8 Å². The second-order valence-electron chi connectivity index (χ2n) is 8.50. The highest BCUT2D eigenvalue weighted by Crippen LogP contribution is 2.54. The van der Waals surface area contributed by atoms with Crippen molar-refractivity contribution in [1.29, 1.82) is 5.41 Å². The number of carbonyl (C=O) groups excluding carboxylic acids is 1. The van der Waals surface area contributed by atoms with Crippen LogP contribution in [0.2, 0.25) is 0 Å². The molecule has 1 aromatic carbocycles. The van der Waals surface area contributed by atoms with E-state index in [1.165, 1.54) is 6.08 Å². The van der Waals surface area contributed by atoms with E-state index in [2.05, 4.69) is 10.2 Å². The van der Waals surface area contributed by atoms with Crippen LogP contribution < -0.4 is 11.1 Å². The van der Waals surface area contributed by atoms with Gasteiger partial charge in [0.1, 0.15) is 0 Å². The number of allylic oxidation sites excluding steroid dienone is 6. The molecule has 3 aliphatic rings. The van der Waals surface area contributed by atoms with Crippen LogP contribution in [0.15, 0.2) is 65.9 Å². The Morgan fingerprint density at radius 2 is 2.10 bits per heavy atom. The van der Waals surface area contributed by atoms with Gasteiger partial charge in [0.05, 0.1) is 16.7 Å². The summed E-state index contributed by atoms with van der Waals surface area (Å²) >= 11 is 0. The number of amides is 1. The first-order valence-corrected chi connectivity index (χ1v) is 10.3. The minimum Gasteiger partial charge on any atom is -0.366 e. The highest BCUT2D eigenvalue weighted by atomic mass is 19.3. The molecule has 1 amide bonds. The fourth-order valence-electron chi connectivity index (χ4n) is 4.49. The maximum absolute atomic E-state index is 14.9. The van der Waals surface area contributed by atoms with Crippen molar-refractivity contribution in [3.05, 3.63) is 77.1 Å². The molecule has 162 valence electrons. The number of piperidine rings is 1. The Morgan fingerprint density at radius 3 is 2.81 bits per heavy atom. The van der Waals surface area contributed by atoms with Crippen LogP contribution in [0.3, 0.4) is 0 Å². The van der Waals surface area contributed by atoms with E-state index in [0.717, 1.165) is 17.8 Å². The number of halogens is 2. The molecule has 4 rings (SSSR count). The van der Waals surface area contributed by atoms with Crippen LogP contribution in [0.5, 0.6) is 0 Å². The van der Waals surface area contributed by atoms with Gasteiger partial charge in [-0.05, 0) is 37.1 Å². The van der Waals surface area contributed by atoms with Gasteiger partial charge in [-0.1, -0.05) is 36.4 Å². The molecule has 2 fully saturated rings. The number of hydrogen-bond donors (Lipinski definition) is 3. The van der Waals surface area contributed by atoms with Crippen molar-refractivity contribution >= 4 is 17.3 Å². The average Bonchev–Trinajstić information content (AvgIpc) is 3.49. The first kappa shape index (κ1) is 21.2. The lowest BCUT2D eigenvalue weighted by Gasteiger charge is -2.41. The number of rotatable bonds is 4. The molecule has 2 heterocycles. The normalized spacial score (nSPS) is 34.0. The predicted octanol–water partition coefficient (Wildman–Crippen LogP) is 3.83. The highest BCUT2D eigenvalue weighted by Gasteiger charge is 2.65. The smallest absolute Gasteiger partial charge is 0.260 e. The first-order valence-electron chi connectivity index (χ1n) is 10.3. The van der Waals surface area contributed by atoms with Gasteiger partial charge < -0.3 is 11.1 Å². The maximum Gasteiger partial charge on any atom is 0.260 e. The predicted molar refractivity (Wildman–Crippen MR) is 118 cm³/mol. The Labute approximate surface area is 180 Å². The van der Waals surface area contributed by atoms with Crippen molar-refractivity contribution in [2.24, 2.45) is 5.73 Å². The summed E-state index contributed by atoms with van der Waals surface area (Å²) in [5.74, 6) is -3.43. The van der Waals surface area contributed by atoms with Crippen molar-refractivity contribution in [2.45, 2.75) is 37.6 Å². The number of nitrogens with zero attached hydrogens (tertiary/aromatic N) is 1. The lowest BCUT2D eigenvalue weighted by atomic mass is 9.71. The Balaban J connectivity index is 1.60. The van der Waals surface area contributed by atoms with E-state index in [-0.39, 0.29) is 23.7 Å². The van der Waals surface area contributed by atoms with Crippen LogP contribution in [-0.4, -0.2) is 41.6 Å². The zero-order valence-electron chi connectivity index (χ0n) is 17.6. The van der Waals surface area contributed by atoms with Gasteiger partial charge in [-0.3, -0.25) is 15.1 Å². The number of aryl methyl sites for hydroxylation is 1. The van der Waals surface area contributed by atoms with Gasteiger partial charge in [-0.15, -0.1) is 0 Å². The van der Waals surface area contributed by atoms with Gasteiger partial charge in [0.2, 0.25) is 0 Å². The van der Waals surface area contributed by atoms with Gasteiger partial charge in [0.15, 0.2) is 0 Å². The van der Waals surface area contributed by atoms with E-state index < -0.39 is 17.2 Å². The van der Waals surface area contributed by atoms with Crippen molar-refractivity contribution in [1.82, 2.24) is 4.90 Å². The zero-order valence-corrected chi connectivity index (χ0v) is 17.6. The number of benzene rings is 1. The molecule has 0 spiro atoms. The Morgan fingerprint density at radius 1 is 1.32 bits per heavy atom. The molecule has 2 saturated heterocycles. The van der Waals surface area contributed by atoms with E-state index >= 15 is 0 Å². The lowest BCUT2D eigenvalue weighted by Crippen LogP contribution is -2.52. The molecule has 0 radical (unpaired) electrons. The van der Waals surface area contributed by atoms with Gasteiger partial charge >= 0.3 is 0 Å². The third-order valence-electron chi connectivity index (χ3n) is 6.65. The van der Waals surface area contributed by atoms with Crippen LogP contribution in [0.4, 0.5) is 14.5 Å². The number of nitrogens with two attached hydrogens (primary N) is 1. The molecule has 7 heteroatoms. The second-order valence-corrected chi connectivity index (χ2v) is 8.50. The summed E-state index contributed by atoms with van der Waals surface area (Å²) in [6.07, 6.45) is 9.88. The summed E-state index contributed by atoms with van der Waals surface area (Å²) in [6.45, 7) is 4.72. The summed E-state index contributed by atoms with van der Waals surface area (Å²) < 4.78 is 29.8. The third-order valence-corrected chi connectivity index (χ3v) is 6.65. The minimum absolute atomic E-state index is 0.0121. The molecule has 4 N–H and O–H groups in total. The molecule has 0 saturated carbocycles. The number of nitrogens with one attached hydrogen (secondary N) is 2. The molecule has 1 aromatic rings. The standard InChI is InChI=1S/C24H26F2N4O/c1-15-12-17(23(2)20-14-30(20)11-10-24(23,25)26)8-9-19(15)29-13-16-6-4-3-5-7-18(21(16)27)22(28)31/h3-9,12-13,20,27,29H,10-11,14H2,1-2H3,(H2,28,31)/b5-3+,6-4+,16-13-,18-7+,27-21?/t20?,23?,30-/m0/s1. The zero-order chi connectivity index (χ0) is 22.4. The largest absolute Gasteiger partial charge is 0.366 e. The Kier molecular flexibility index (Phi) is 5.17. The molecular weight excluding hydrogens is 398 g/mol. The molecule has 0 bridgehead atoms. The number of fused-ring (bicyclic) bond motifs is 1. The van der Waals surface area contributed by atoms with E-state index in [1.807, 2.05) is 13.0 Å². The van der Waals surface area contributed by atoms with Crippen molar-refractivity contribution < 1.29 is 13.6 Å². The van der Waals surface area contributed by atoms with E-state index in [1.54, 1.807) is 49.6 Å². The summed E-state index contributed by atoms with van der Waals surface area (Å²) in [4.78, 5) is 13.8. The average molecular weight is 424 g/mol. The summed E-state index contributed by atoms with van der Waals surface area (Å²) in [5.41, 5.74) is 7.01. The molecule has 5 nitrogen and oxygen atoms in total. The summed E-state index contributed by atoms with van der Waals surface area (Å²) in [5, 5.41) is 11.5. The Bertz CT molecular complexity index is 1070. The van der Waals surface area contributed by atoms with Crippen molar-refractivity contribution in [2.75, 3.05) is 18.4 Å². The van der Waals surface area contributed by atoms with E-state index in [9.17, 15) is 13.6 Å². The van der Waals surface area contributed by atoms with E-state index in [4.69, 9.17) is 11.1 Å². The van der Waals surface area contributed by atoms with E-state index in [0.29, 0.717) is 17.7 Å². The van der Waals surface area contributed by atoms with Crippen molar-refractivity contribution in [3.8, 4) is 0 Å². The molecule has 1 aliphatic carbocycles. The quantitative estimate of drug-likeness (QED) is 0.643. The van der Waals surface area contributed by atoms with Gasteiger partial charge in [0, 0.05) is 43.0 Å². The van der Waals surface area contributed by atoms with Gasteiger partial charge in [-0.2, -0.15) is 0 Å². The minimum atomic E-state index is -2.75. The van der Waals surface area contributed by atoms with Crippen LogP contribution >= 0.6 is 0 Å². The monoisotopic (exact) mass is 424 g/mol. The molecule has 31 heavy (non-hydrogen) atoms. The first-order chi connectivity index (χ1) is 14.6. The topological polar surface area (TPSA) is 82.0 Å². The summed E-state index contributed by atoms with van der Waals surface area (Å²) in [7, 11) is 0. The maximum atomic E-state index is 14.9. The molecule has 2 unspecified atom stereocenters. The van der Waals surface area contributed by atoms with Crippen LogP contribution in [0.1, 0.15) is 24.5 Å². The number of hydrogen-bond acceptors (Lipinski definition) is 4. The SMILES string of the molecule is Cc1cc(C2(C)C3C[N@]3CCC2(F)F)ccc1N/C=C1/C=C/C=C/C=C(/C(N)=O)C1=N. The molecule has 0 aromatic heterocycles. The second kappa shape index (κ2) is 7.57. The number of carbonyl (C=O) groups is 1. The third kappa shape index (κ3) is 3.63. The van der Waals surface area contributed by atoms with Crippen molar-refractivity contribution in [3.63, 3.8) is 0 Å². The number of alkyl halides is 2. The number of primary amides is 1. The fourth-order valence-corrected chi connectivity index (χ4v) is 4.49. The van der Waals surface area contributed by atoms with Crippen LogP contribution in [0, 0.1) is 12.3 Å².